The molecule has 0 bridgehead atoms. The van der Waals surface area contributed by atoms with E-state index in [0.29, 0.717) is 17.1 Å². The number of aldehydes is 1. The number of nitrogens with zero attached hydrogens (tertiary/aromatic N) is 4. The quantitative estimate of drug-likeness (QED) is 0.449. The normalized spacial score (nSPS) is 11.2. The maximum atomic E-state index is 10.9. The van der Waals surface area contributed by atoms with Gasteiger partial charge in [0, 0.05) is 5.57 Å². The monoisotopic (exact) mass is 226 g/mol. The summed E-state index contributed by atoms with van der Waals surface area (Å²) in [5, 5.41) is 3.97. The van der Waals surface area contributed by atoms with Crippen molar-refractivity contribution < 1.29 is 4.79 Å². The molecule has 5 nitrogen and oxygen atoms in total. The molecule has 0 N–H and O–H groups in total. The number of aromatic nitrogens is 4. The number of carbonyl (C=O) groups excluding carboxylic acids is 1. The molecule has 0 unspecified atom stereocenters. The van der Waals surface area contributed by atoms with Crippen LogP contribution in [0.5, 0.6) is 0 Å². The van der Waals surface area contributed by atoms with E-state index in [0.717, 1.165) is 6.29 Å². The van der Waals surface area contributed by atoms with E-state index in [1.165, 1.54) is 11.0 Å². The van der Waals surface area contributed by atoms with Gasteiger partial charge in [0.25, 0.3) is 0 Å². The third kappa shape index (κ3) is 2.34. The number of hydrogen-bond acceptors (Lipinski definition) is 4. The van der Waals surface area contributed by atoms with Gasteiger partial charge in [-0.1, -0.05) is 24.8 Å². The zero-order valence-electron chi connectivity index (χ0n) is 9.02. The lowest BCUT2D eigenvalue weighted by Gasteiger charge is -2.02. The average Bonchev–Trinajstić information content (AvgIpc) is 2.90. The van der Waals surface area contributed by atoms with Crippen molar-refractivity contribution >= 4 is 11.9 Å². The number of rotatable bonds is 4. The Balaban J connectivity index is 2.44. The number of pyridine rings is 1. The summed E-state index contributed by atoms with van der Waals surface area (Å²) >= 11 is 0. The van der Waals surface area contributed by atoms with Crippen molar-refractivity contribution in [2.75, 3.05) is 0 Å². The molecule has 0 aliphatic heterocycles. The highest BCUT2D eigenvalue weighted by molar-refractivity contribution is 6.06. The zero-order chi connectivity index (χ0) is 12.1. The molecule has 84 valence electrons. The lowest BCUT2D eigenvalue weighted by atomic mass is 10.2. The molecule has 17 heavy (non-hydrogen) atoms. The van der Waals surface area contributed by atoms with Crippen LogP contribution < -0.4 is 0 Å². The highest BCUT2D eigenvalue weighted by atomic mass is 16.1. The van der Waals surface area contributed by atoms with Gasteiger partial charge in [-0.25, -0.2) is 14.6 Å². The Morgan fingerprint density at radius 2 is 2.29 bits per heavy atom. The molecule has 0 atom stereocenters. The fourth-order valence-corrected chi connectivity index (χ4v) is 1.35. The molecule has 0 saturated heterocycles. The molecular formula is C12H10N4O. The van der Waals surface area contributed by atoms with Gasteiger partial charge in [-0.3, -0.25) is 4.79 Å². The summed E-state index contributed by atoms with van der Waals surface area (Å²) in [4.78, 5) is 19.1. The van der Waals surface area contributed by atoms with Crippen LogP contribution in [0.1, 0.15) is 5.69 Å². The first kappa shape index (κ1) is 10.9. The molecule has 2 aromatic heterocycles. The molecule has 0 aromatic carbocycles. The molecule has 5 heteroatoms. The topological polar surface area (TPSA) is 60.7 Å². The van der Waals surface area contributed by atoms with Crippen LogP contribution in [0, 0.1) is 0 Å². The number of hydrogen-bond donors (Lipinski definition) is 0. The van der Waals surface area contributed by atoms with Gasteiger partial charge in [0.05, 0.1) is 5.69 Å². The molecule has 0 fully saturated rings. The van der Waals surface area contributed by atoms with E-state index in [-0.39, 0.29) is 0 Å². The Morgan fingerprint density at radius 3 is 2.94 bits per heavy atom. The number of allylic oxidation sites excluding steroid dienone is 3. The number of carbonyl (C=O) groups is 1. The summed E-state index contributed by atoms with van der Waals surface area (Å²) in [5.74, 6) is 0.608. The van der Waals surface area contributed by atoms with Gasteiger partial charge in [0.2, 0.25) is 0 Å². The van der Waals surface area contributed by atoms with Crippen LogP contribution in [0.3, 0.4) is 0 Å². The second kappa shape index (κ2) is 4.98. The van der Waals surface area contributed by atoms with Gasteiger partial charge in [-0.15, -0.1) is 0 Å². The van der Waals surface area contributed by atoms with Crippen LogP contribution in [-0.4, -0.2) is 26.0 Å². The highest BCUT2D eigenvalue weighted by Gasteiger charge is 2.04. The second-order valence-corrected chi connectivity index (χ2v) is 3.20. The first-order valence-electron chi connectivity index (χ1n) is 4.95. The molecule has 2 rings (SSSR count). The van der Waals surface area contributed by atoms with E-state index >= 15 is 0 Å². The summed E-state index contributed by atoms with van der Waals surface area (Å²) in [5.41, 5.74) is 1.05. The largest absolute Gasteiger partial charge is 0.298 e. The minimum atomic E-state index is 0.474. The van der Waals surface area contributed by atoms with Gasteiger partial charge >= 0.3 is 0 Å². The Kier molecular flexibility index (Phi) is 3.20. The third-order valence-electron chi connectivity index (χ3n) is 2.11. The van der Waals surface area contributed by atoms with Crippen molar-refractivity contribution in [2.45, 2.75) is 0 Å². The van der Waals surface area contributed by atoms with Gasteiger partial charge in [-0.2, -0.15) is 5.10 Å². The van der Waals surface area contributed by atoms with Crippen molar-refractivity contribution in [3.63, 3.8) is 0 Å². The second-order valence-electron chi connectivity index (χ2n) is 3.20. The van der Waals surface area contributed by atoms with Gasteiger partial charge in [-0.05, 0) is 12.1 Å². The Bertz CT molecular complexity index is 558. The van der Waals surface area contributed by atoms with E-state index in [9.17, 15) is 4.79 Å². The molecule has 0 spiro atoms. The predicted molar refractivity (Wildman–Crippen MR) is 63.4 cm³/mol. The van der Waals surface area contributed by atoms with Crippen molar-refractivity contribution in [3.05, 3.63) is 55.3 Å². The Labute approximate surface area is 98.1 Å². The Hall–Kier alpha value is -2.56. The first-order valence-corrected chi connectivity index (χ1v) is 4.95. The molecule has 0 saturated carbocycles. The van der Waals surface area contributed by atoms with E-state index in [4.69, 9.17) is 0 Å². The summed E-state index contributed by atoms with van der Waals surface area (Å²) in [7, 11) is 0. The summed E-state index contributed by atoms with van der Waals surface area (Å²) < 4.78 is 1.53. The SMILES string of the molecule is C=CC=C(C=O)c1cccc(-n2cncn2)n1. The molecule has 0 aliphatic rings. The molecule has 2 heterocycles. The van der Waals surface area contributed by atoms with Crippen molar-refractivity contribution in [3.8, 4) is 5.82 Å². The lowest BCUT2D eigenvalue weighted by Crippen LogP contribution is -2.00. The molecule has 2 aromatic rings. The summed E-state index contributed by atoms with van der Waals surface area (Å²) in [6.45, 7) is 3.56. The van der Waals surface area contributed by atoms with E-state index in [2.05, 4.69) is 21.6 Å². The third-order valence-corrected chi connectivity index (χ3v) is 2.11. The van der Waals surface area contributed by atoms with Gasteiger partial charge in [0.1, 0.15) is 12.7 Å². The van der Waals surface area contributed by atoms with Gasteiger partial charge < -0.3 is 0 Å². The smallest absolute Gasteiger partial charge is 0.155 e. The van der Waals surface area contributed by atoms with Gasteiger partial charge in [0.15, 0.2) is 12.1 Å². The minimum absolute atomic E-state index is 0.474. The van der Waals surface area contributed by atoms with E-state index < -0.39 is 0 Å². The predicted octanol–water partition coefficient (Wildman–Crippen LogP) is 1.43. The lowest BCUT2D eigenvalue weighted by molar-refractivity contribution is -0.103. The van der Waals surface area contributed by atoms with Crippen LogP contribution in [0.2, 0.25) is 0 Å². The molecule has 0 aliphatic carbocycles. The van der Waals surface area contributed by atoms with Crippen molar-refractivity contribution in [2.24, 2.45) is 0 Å². The molecular weight excluding hydrogens is 216 g/mol. The van der Waals surface area contributed by atoms with Crippen molar-refractivity contribution in [1.29, 1.82) is 0 Å². The minimum Gasteiger partial charge on any atom is -0.298 e. The first-order chi connectivity index (χ1) is 8.35. The highest BCUT2D eigenvalue weighted by Crippen LogP contribution is 2.11. The zero-order valence-corrected chi connectivity index (χ0v) is 9.02. The average molecular weight is 226 g/mol. The van der Waals surface area contributed by atoms with Crippen LogP contribution in [0.4, 0.5) is 0 Å². The maximum absolute atomic E-state index is 10.9. The fourth-order valence-electron chi connectivity index (χ4n) is 1.35. The molecule has 0 radical (unpaired) electrons. The standard InChI is InChI=1S/C12H10N4O/c1-2-4-10(7-17)11-5-3-6-12(15-11)16-9-13-8-14-16/h2-9H,1H2. The van der Waals surface area contributed by atoms with Crippen LogP contribution in [0.25, 0.3) is 11.4 Å². The van der Waals surface area contributed by atoms with E-state index in [1.807, 2.05) is 0 Å². The van der Waals surface area contributed by atoms with Crippen LogP contribution in [-0.2, 0) is 4.79 Å². The molecule has 0 amide bonds. The van der Waals surface area contributed by atoms with Crippen LogP contribution >= 0.6 is 0 Å². The Morgan fingerprint density at radius 1 is 1.41 bits per heavy atom. The summed E-state index contributed by atoms with van der Waals surface area (Å²) in [6.07, 6.45) is 6.88. The van der Waals surface area contributed by atoms with Crippen molar-refractivity contribution in [1.82, 2.24) is 19.7 Å². The summed E-state index contributed by atoms with van der Waals surface area (Å²) in [6, 6.07) is 5.35. The van der Waals surface area contributed by atoms with E-state index in [1.54, 1.807) is 36.7 Å². The van der Waals surface area contributed by atoms with Crippen LogP contribution in [0.15, 0.2) is 49.6 Å². The fraction of sp³-hybridized carbons (Fsp3) is 0. The maximum Gasteiger partial charge on any atom is 0.155 e.